The summed E-state index contributed by atoms with van der Waals surface area (Å²) >= 11 is 0. The van der Waals surface area contributed by atoms with Crippen LogP contribution in [0.25, 0.3) is 0 Å². The number of nitrogens with zero attached hydrogens (tertiary/aromatic N) is 1. The van der Waals surface area contributed by atoms with Gasteiger partial charge >= 0.3 is 0 Å². The molecule has 1 fully saturated rings. The van der Waals surface area contributed by atoms with E-state index in [9.17, 15) is 9.59 Å². The molecule has 1 aromatic heterocycles. The highest BCUT2D eigenvalue weighted by Gasteiger charge is 2.21. The third kappa shape index (κ3) is 3.87. The number of benzene rings is 1. The zero-order valence-electron chi connectivity index (χ0n) is 13.0. The van der Waals surface area contributed by atoms with E-state index in [0.717, 1.165) is 24.9 Å². The van der Waals surface area contributed by atoms with Gasteiger partial charge in [-0.2, -0.15) is 0 Å². The van der Waals surface area contributed by atoms with Gasteiger partial charge in [0, 0.05) is 12.7 Å². The average molecular weight is 311 g/mol. The lowest BCUT2D eigenvalue weighted by molar-refractivity contribution is -0.120. The number of pyridine rings is 1. The summed E-state index contributed by atoms with van der Waals surface area (Å²) < 4.78 is 1.62. The molecule has 1 aliphatic heterocycles. The van der Waals surface area contributed by atoms with Crippen LogP contribution in [0.3, 0.4) is 0 Å². The van der Waals surface area contributed by atoms with Gasteiger partial charge in [-0.1, -0.05) is 30.3 Å². The van der Waals surface area contributed by atoms with Crippen molar-refractivity contribution in [2.24, 2.45) is 5.92 Å². The van der Waals surface area contributed by atoms with E-state index in [4.69, 9.17) is 0 Å². The summed E-state index contributed by atoms with van der Waals surface area (Å²) in [7, 11) is 0. The Kier molecular flexibility index (Phi) is 4.88. The minimum atomic E-state index is -0.173. The molecule has 3 rings (SSSR count). The maximum absolute atomic E-state index is 12.5. The standard InChI is InChI=1S/C18H21N3O2/c22-17(15-8-4-10-19-12-15)20-16-9-5-11-21(18(16)23)13-14-6-2-1-3-7-14/h1-3,5-7,9,11,15,19H,4,8,10,12-13H2,(H,20,22). The summed E-state index contributed by atoms with van der Waals surface area (Å²) in [6.45, 7) is 2.13. The minimum Gasteiger partial charge on any atom is -0.321 e. The number of nitrogens with one attached hydrogen (secondary N) is 2. The summed E-state index contributed by atoms with van der Waals surface area (Å²) in [4.78, 5) is 24.8. The molecule has 1 atom stereocenters. The predicted molar refractivity (Wildman–Crippen MR) is 90.5 cm³/mol. The monoisotopic (exact) mass is 311 g/mol. The summed E-state index contributed by atoms with van der Waals surface area (Å²) in [6, 6.07) is 13.2. The first-order valence-electron chi connectivity index (χ1n) is 7.99. The SMILES string of the molecule is O=C(Nc1cccn(Cc2ccccc2)c1=O)C1CCCNC1. The molecule has 1 saturated heterocycles. The lowest BCUT2D eigenvalue weighted by atomic mass is 9.99. The molecule has 2 aromatic rings. The fourth-order valence-corrected chi connectivity index (χ4v) is 2.85. The highest BCUT2D eigenvalue weighted by Crippen LogP contribution is 2.12. The molecule has 0 saturated carbocycles. The third-order valence-corrected chi connectivity index (χ3v) is 4.14. The molecule has 120 valence electrons. The molecular formula is C18H21N3O2. The molecule has 0 bridgehead atoms. The Balaban J connectivity index is 1.74. The van der Waals surface area contributed by atoms with E-state index in [2.05, 4.69) is 10.6 Å². The molecule has 5 nitrogen and oxygen atoms in total. The third-order valence-electron chi connectivity index (χ3n) is 4.14. The molecule has 5 heteroatoms. The molecule has 0 spiro atoms. The van der Waals surface area contributed by atoms with Gasteiger partial charge in [-0.15, -0.1) is 0 Å². The Hall–Kier alpha value is -2.40. The second kappa shape index (κ2) is 7.24. The van der Waals surface area contributed by atoms with E-state index in [1.807, 2.05) is 30.3 Å². The van der Waals surface area contributed by atoms with Crippen molar-refractivity contribution in [3.8, 4) is 0 Å². The Morgan fingerprint density at radius 2 is 2.04 bits per heavy atom. The number of rotatable bonds is 4. The molecule has 1 aliphatic rings. The summed E-state index contributed by atoms with van der Waals surface area (Å²) in [5, 5.41) is 6.01. The van der Waals surface area contributed by atoms with Gasteiger partial charge in [-0.25, -0.2) is 0 Å². The van der Waals surface area contributed by atoms with Crippen LogP contribution < -0.4 is 16.2 Å². The van der Waals surface area contributed by atoms with Crippen LogP contribution in [0, 0.1) is 5.92 Å². The van der Waals surface area contributed by atoms with Crippen LogP contribution in [0.1, 0.15) is 18.4 Å². The summed E-state index contributed by atoms with van der Waals surface area (Å²) in [6.07, 6.45) is 3.60. The Morgan fingerprint density at radius 1 is 1.22 bits per heavy atom. The van der Waals surface area contributed by atoms with E-state index in [0.29, 0.717) is 18.8 Å². The quantitative estimate of drug-likeness (QED) is 0.905. The smallest absolute Gasteiger partial charge is 0.274 e. The van der Waals surface area contributed by atoms with Crippen molar-refractivity contribution < 1.29 is 4.79 Å². The van der Waals surface area contributed by atoms with Crippen LogP contribution in [0.4, 0.5) is 5.69 Å². The van der Waals surface area contributed by atoms with Gasteiger partial charge in [0.1, 0.15) is 5.69 Å². The Morgan fingerprint density at radius 3 is 2.78 bits per heavy atom. The second-order valence-corrected chi connectivity index (χ2v) is 5.87. The van der Waals surface area contributed by atoms with Gasteiger partial charge < -0.3 is 15.2 Å². The molecule has 1 aromatic carbocycles. The molecule has 0 radical (unpaired) electrons. The highest BCUT2D eigenvalue weighted by molar-refractivity contribution is 5.92. The maximum atomic E-state index is 12.5. The van der Waals surface area contributed by atoms with Crippen LogP contribution in [-0.4, -0.2) is 23.6 Å². The molecule has 23 heavy (non-hydrogen) atoms. The van der Waals surface area contributed by atoms with Crippen molar-refractivity contribution in [3.05, 3.63) is 64.6 Å². The van der Waals surface area contributed by atoms with Gasteiger partial charge in [-0.05, 0) is 37.1 Å². The van der Waals surface area contributed by atoms with Crippen LogP contribution >= 0.6 is 0 Å². The van der Waals surface area contributed by atoms with Crippen molar-refractivity contribution in [1.29, 1.82) is 0 Å². The van der Waals surface area contributed by atoms with Gasteiger partial charge in [0.2, 0.25) is 5.91 Å². The van der Waals surface area contributed by atoms with Crippen LogP contribution in [-0.2, 0) is 11.3 Å². The normalized spacial score (nSPS) is 17.7. The molecular weight excluding hydrogens is 290 g/mol. The highest BCUT2D eigenvalue weighted by atomic mass is 16.2. The fraction of sp³-hybridized carbons (Fsp3) is 0.333. The summed E-state index contributed by atoms with van der Waals surface area (Å²) in [5.74, 6) is -0.141. The number of aromatic nitrogens is 1. The van der Waals surface area contributed by atoms with Crippen LogP contribution in [0.2, 0.25) is 0 Å². The van der Waals surface area contributed by atoms with Gasteiger partial charge in [0.15, 0.2) is 0 Å². The number of carbonyl (C=O) groups excluding carboxylic acids is 1. The lowest BCUT2D eigenvalue weighted by Crippen LogP contribution is -2.38. The molecule has 2 N–H and O–H groups in total. The average Bonchev–Trinajstić information content (AvgIpc) is 2.60. The van der Waals surface area contributed by atoms with Crippen molar-refractivity contribution in [3.63, 3.8) is 0 Å². The van der Waals surface area contributed by atoms with Gasteiger partial charge in [-0.3, -0.25) is 9.59 Å². The lowest BCUT2D eigenvalue weighted by Gasteiger charge is -2.21. The van der Waals surface area contributed by atoms with E-state index in [1.165, 1.54) is 0 Å². The molecule has 1 amide bonds. The largest absolute Gasteiger partial charge is 0.321 e. The van der Waals surface area contributed by atoms with Crippen LogP contribution in [0.15, 0.2) is 53.5 Å². The molecule has 2 heterocycles. The first-order valence-corrected chi connectivity index (χ1v) is 7.99. The Labute approximate surface area is 135 Å². The predicted octanol–water partition coefficient (Wildman–Crippen LogP) is 1.83. The van der Waals surface area contributed by atoms with E-state index in [-0.39, 0.29) is 17.4 Å². The maximum Gasteiger partial charge on any atom is 0.274 e. The topological polar surface area (TPSA) is 63.1 Å². The Bertz CT molecular complexity index is 719. The van der Waals surface area contributed by atoms with Gasteiger partial charge in [0.25, 0.3) is 5.56 Å². The van der Waals surface area contributed by atoms with E-state index in [1.54, 1.807) is 22.9 Å². The van der Waals surface area contributed by atoms with Crippen molar-refractivity contribution >= 4 is 11.6 Å². The number of anilines is 1. The fourth-order valence-electron chi connectivity index (χ4n) is 2.85. The first kappa shape index (κ1) is 15.5. The minimum absolute atomic E-state index is 0.0640. The van der Waals surface area contributed by atoms with Crippen LogP contribution in [0.5, 0.6) is 0 Å². The van der Waals surface area contributed by atoms with Crippen molar-refractivity contribution in [2.75, 3.05) is 18.4 Å². The van der Waals surface area contributed by atoms with E-state index >= 15 is 0 Å². The van der Waals surface area contributed by atoms with Crippen molar-refractivity contribution in [1.82, 2.24) is 9.88 Å². The number of carbonyl (C=O) groups is 1. The number of hydrogen-bond donors (Lipinski definition) is 2. The zero-order valence-corrected chi connectivity index (χ0v) is 13.0. The van der Waals surface area contributed by atoms with Gasteiger partial charge in [0.05, 0.1) is 12.5 Å². The number of amides is 1. The molecule has 0 aliphatic carbocycles. The summed E-state index contributed by atoms with van der Waals surface area (Å²) in [5.41, 5.74) is 1.22. The first-order chi connectivity index (χ1) is 11.2. The molecule has 1 unspecified atom stereocenters. The van der Waals surface area contributed by atoms with Crippen molar-refractivity contribution in [2.45, 2.75) is 19.4 Å². The number of piperidine rings is 1. The second-order valence-electron chi connectivity index (χ2n) is 5.87. The zero-order chi connectivity index (χ0) is 16.1. The number of hydrogen-bond acceptors (Lipinski definition) is 3. The van der Waals surface area contributed by atoms with E-state index < -0.39 is 0 Å².